The van der Waals surface area contributed by atoms with Crippen LogP contribution in [0.1, 0.15) is 12.5 Å². The van der Waals surface area contributed by atoms with Crippen LogP contribution < -0.4 is 10.0 Å². The van der Waals surface area contributed by atoms with Crippen molar-refractivity contribution in [1.82, 2.24) is 14.9 Å². The van der Waals surface area contributed by atoms with E-state index in [1.165, 1.54) is 0 Å². The van der Waals surface area contributed by atoms with E-state index in [1.807, 2.05) is 18.0 Å². The third-order valence-corrected chi connectivity index (χ3v) is 4.60. The summed E-state index contributed by atoms with van der Waals surface area (Å²) in [4.78, 5) is 6.67. The predicted octanol–water partition coefficient (Wildman–Crippen LogP) is 0.376. The number of aliphatic imine (C=N–C) groups is 1. The molecule has 0 saturated heterocycles. The van der Waals surface area contributed by atoms with Crippen molar-refractivity contribution in [2.24, 2.45) is 4.99 Å². The van der Waals surface area contributed by atoms with Gasteiger partial charge in [0.25, 0.3) is 0 Å². The zero-order chi connectivity index (χ0) is 14.6. The number of rotatable bonds is 5. The Kier molecular flexibility index (Phi) is 4.61. The highest BCUT2D eigenvalue weighted by Crippen LogP contribution is 2.11. The maximum absolute atomic E-state index is 11.9. The van der Waals surface area contributed by atoms with Gasteiger partial charge in [0.1, 0.15) is 0 Å². The van der Waals surface area contributed by atoms with Crippen LogP contribution in [0.4, 0.5) is 0 Å². The summed E-state index contributed by atoms with van der Waals surface area (Å²) < 4.78 is 26.4. The molecule has 20 heavy (non-hydrogen) atoms. The summed E-state index contributed by atoms with van der Waals surface area (Å²) in [5.41, 5.74) is 0.909. The Labute approximate surface area is 119 Å². The molecule has 0 atom stereocenters. The molecule has 1 heterocycles. The quantitative estimate of drug-likeness (QED) is 0.823. The number of hydrogen-bond acceptors (Lipinski definition) is 5. The Morgan fingerprint density at radius 2 is 2.20 bits per heavy atom. The molecule has 0 spiro atoms. The maximum Gasteiger partial charge on any atom is 0.240 e. The average Bonchev–Trinajstić information content (AvgIpc) is 2.82. The molecule has 0 unspecified atom stereocenters. The molecule has 7 heteroatoms. The topological polar surface area (TPSA) is 73.8 Å². The Morgan fingerprint density at radius 3 is 2.85 bits per heavy atom. The van der Waals surface area contributed by atoms with Crippen molar-refractivity contribution in [3.8, 4) is 0 Å². The highest BCUT2D eigenvalue weighted by atomic mass is 32.2. The van der Waals surface area contributed by atoms with Crippen LogP contribution >= 0.6 is 0 Å². The van der Waals surface area contributed by atoms with Gasteiger partial charge in [-0.25, -0.2) is 13.1 Å². The van der Waals surface area contributed by atoms with E-state index >= 15 is 0 Å². The smallest absolute Gasteiger partial charge is 0.240 e. The highest BCUT2D eigenvalue weighted by Gasteiger charge is 2.14. The number of likely N-dealkylation sites (N-methyl/N-ethyl adjacent to an activating group) is 1. The summed E-state index contributed by atoms with van der Waals surface area (Å²) in [6.07, 6.45) is 0. The Morgan fingerprint density at radius 1 is 1.40 bits per heavy atom. The van der Waals surface area contributed by atoms with Crippen molar-refractivity contribution < 1.29 is 8.42 Å². The van der Waals surface area contributed by atoms with Crippen LogP contribution in [-0.2, 0) is 16.6 Å². The number of nitrogens with zero attached hydrogens (tertiary/aromatic N) is 2. The summed E-state index contributed by atoms with van der Waals surface area (Å²) in [5, 5.41) is 3.22. The molecule has 1 aliphatic heterocycles. The highest BCUT2D eigenvalue weighted by molar-refractivity contribution is 7.89. The lowest BCUT2D eigenvalue weighted by molar-refractivity contribution is 0.534. The minimum atomic E-state index is -3.40. The van der Waals surface area contributed by atoms with E-state index in [1.54, 1.807) is 25.1 Å². The van der Waals surface area contributed by atoms with Crippen LogP contribution in [0.25, 0.3) is 0 Å². The standard InChI is InChI=1S/C13H20N4O2S/c1-3-16-20(18,19)12-6-4-5-11(9-12)10-15-13-14-7-8-17(13)2/h4-6,9,16H,3,7-8,10H2,1-2H3,(H,14,15). The van der Waals surface area contributed by atoms with Crippen LogP contribution in [0.2, 0.25) is 0 Å². The first-order valence-electron chi connectivity index (χ1n) is 6.61. The monoisotopic (exact) mass is 296 g/mol. The second-order valence-electron chi connectivity index (χ2n) is 4.63. The van der Waals surface area contributed by atoms with Crippen molar-refractivity contribution in [2.75, 3.05) is 26.7 Å². The molecule has 1 aromatic carbocycles. The molecule has 1 aromatic rings. The van der Waals surface area contributed by atoms with Crippen molar-refractivity contribution in [3.63, 3.8) is 0 Å². The fourth-order valence-electron chi connectivity index (χ4n) is 2.00. The molecule has 6 nitrogen and oxygen atoms in total. The van der Waals surface area contributed by atoms with Crippen molar-refractivity contribution in [1.29, 1.82) is 0 Å². The number of sulfonamides is 1. The summed E-state index contributed by atoms with van der Waals surface area (Å²) in [6.45, 7) is 4.41. The lowest BCUT2D eigenvalue weighted by atomic mass is 10.2. The van der Waals surface area contributed by atoms with Crippen LogP contribution in [0.15, 0.2) is 34.2 Å². The third kappa shape index (κ3) is 3.49. The summed E-state index contributed by atoms with van der Waals surface area (Å²) in [6, 6.07) is 6.93. The van der Waals surface area contributed by atoms with E-state index in [9.17, 15) is 8.42 Å². The molecule has 1 aliphatic rings. The lowest BCUT2D eigenvalue weighted by Gasteiger charge is -2.15. The molecule has 0 amide bonds. The zero-order valence-electron chi connectivity index (χ0n) is 11.8. The van der Waals surface area contributed by atoms with Gasteiger partial charge in [-0.05, 0) is 17.7 Å². The van der Waals surface area contributed by atoms with Crippen LogP contribution in [0.5, 0.6) is 0 Å². The van der Waals surface area contributed by atoms with E-state index in [-0.39, 0.29) is 0 Å². The molecule has 0 aliphatic carbocycles. The van der Waals surface area contributed by atoms with E-state index < -0.39 is 10.0 Å². The lowest BCUT2D eigenvalue weighted by Crippen LogP contribution is -2.35. The van der Waals surface area contributed by atoms with Gasteiger partial charge in [0, 0.05) is 26.7 Å². The molecule has 110 valence electrons. The van der Waals surface area contributed by atoms with Gasteiger partial charge in [0.15, 0.2) is 5.96 Å². The first-order chi connectivity index (χ1) is 9.53. The summed E-state index contributed by atoms with van der Waals surface area (Å²) in [7, 11) is -1.42. The van der Waals surface area contributed by atoms with Gasteiger partial charge in [0.05, 0.1) is 11.4 Å². The van der Waals surface area contributed by atoms with Gasteiger partial charge >= 0.3 is 0 Å². The molecule has 0 bridgehead atoms. The number of guanidine groups is 1. The Hall–Kier alpha value is -1.60. The predicted molar refractivity (Wildman–Crippen MR) is 79.1 cm³/mol. The van der Waals surface area contributed by atoms with Gasteiger partial charge < -0.3 is 10.2 Å². The SMILES string of the molecule is CCNS(=O)(=O)c1cccc(CNC2=NCCN2C)c1. The first kappa shape index (κ1) is 14.8. The van der Waals surface area contributed by atoms with E-state index in [0.717, 1.165) is 24.6 Å². The van der Waals surface area contributed by atoms with Gasteiger partial charge in [-0.3, -0.25) is 4.99 Å². The Bertz CT molecular complexity index is 598. The van der Waals surface area contributed by atoms with Crippen molar-refractivity contribution >= 4 is 16.0 Å². The van der Waals surface area contributed by atoms with Crippen LogP contribution in [0, 0.1) is 0 Å². The van der Waals surface area contributed by atoms with Crippen LogP contribution in [0.3, 0.4) is 0 Å². The molecule has 0 aromatic heterocycles. The second-order valence-corrected chi connectivity index (χ2v) is 6.40. The van der Waals surface area contributed by atoms with Gasteiger partial charge in [-0.1, -0.05) is 19.1 Å². The third-order valence-electron chi connectivity index (χ3n) is 3.05. The molecule has 2 N–H and O–H groups in total. The minimum Gasteiger partial charge on any atom is -0.352 e. The molecule has 2 rings (SSSR count). The van der Waals surface area contributed by atoms with Crippen LogP contribution in [-0.4, -0.2) is 46.0 Å². The molecular formula is C13H20N4O2S. The maximum atomic E-state index is 11.9. The fourth-order valence-corrected chi connectivity index (χ4v) is 3.11. The molecule has 0 radical (unpaired) electrons. The van der Waals surface area contributed by atoms with Gasteiger partial charge in [-0.2, -0.15) is 0 Å². The zero-order valence-corrected chi connectivity index (χ0v) is 12.6. The average molecular weight is 296 g/mol. The molecule has 0 saturated carbocycles. The van der Waals surface area contributed by atoms with Gasteiger partial charge in [0.2, 0.25) is 10.0 Å². The van der Waals surface area contributed by atoms with Gasteiger partial charge in [-0.15, -0.1) is 0 Å². The van der Waals surface area contributed by atoms with E-state index in [0.29, 0.717) is 18.0 Å². The Balaban J connectivity index is 2.07. The van der Waals surface area contributed by atoms with E-state index in [4.69, 9.17) is 0 Å². The van der Waals surface area contributed by atoms with E-state index in [2.05, 4.69) is 15.0 Å². The second kappa shape index (κ2) is 6.23. The number of benzene rings is 1. The molecular weight excluding hydrogens is 276 g/mol. The van der Waals surface area contributed by atoms with Crippen molar-refractivity contribution in [2.45, 2.75) is 18.4 Å². The summed E-state index contributed by atoms with van der Waals surface area (Å²) >= 11 is 0. The largest absolute Gasteiger partial charge is 0.352 e. The molecule has 0 fully saturated rings. The summed E-state index contributed by atoms with van der Waals surface area (Å²) in [5.74, 6) is 0.852. The first-order valence-corrected chi connectivity index (χ1v) is 8.09. The fraction of sp³-hybridized carbons (Fsp3) is 0.462. The number of hydrogen-bond donors (Lipinski definition) is 2. The number of nitrogens with one attached hydrogen (secondary N) is 2. The minimum absolute atomic E-state index is 0.292. The van der Waals surface area contributed by atoms with Crippen molar-refractivity contribution in [3.05, 3.63) is 29.8 Å². The normalized spacial score (nSPS) is 15.3.